The summed E-state index contributed by atoms with van der Waals surface area (Å²) in [6.45, 7) is 1.56. The number of nitrogens with two attached hydrogens (primary N) is 1. The molecule has 88 valence electrons. The maximum Gasteiger partial charge on any atom is 0.310 e. The van der Waals surface area contributed by atoms with Crippen LogP contribution in [0, 0.1) is 6.92 Å². The van der Waals surface area contributed by atoms with Crippen LogP contribution in [0.25, 0.3) is 0 Å². The van der Waals surface area contributed by atoms with Crippen molar-refractivity contribution >= 4 is 11.7 Å². The molecule has 0 aliphatic carbocycles. The Labute approximate surface area is 91.4 Å². The molecule has 1 aromatic heterocycles. The van der Waals surface area contributed by atoms with E-state index in [-0.39, 0.29) is 12.1 Å². The number of rotatable bonds is 3. The Morgan fingerprint density at radius 3 is 2.75 bits per heavy atom. The van der Waals surface area contributed by atoms with E-state index in [1.54, 1.807) is 6.92 Å². The second-order valence-corrected chi connectivity index (χ2v) is 3.28. The van der Waals surface area contributed by atoms with Crippen LogP contribution in [0.5, 0.6) is 0 Å². The van der Waals surface area contributed by atoms with Crippen molar-refractivity contribution in [1.82, 2.24) is 4.98 Å². The Morgan fingerprint density at radius 1 is 1.62 bits per heavy atom. The van der Waals surface area contributed by atoms with Crippen molar-refractivity contribution in [2.45, 2.75) is 19.8 Å². The molecule has 0 radical (unpaired) electrons. The molecular weight excluding hydrogens is 218 g/mol. The van der Waals surface area contributed by atoms with Crippen LogP contribution in [0.4, 0.5) is 14.5 Å². The number of esters is 1. The predicted molar refractivity (Wildman–Crippen MR) is 54.1 cm³/mol. The Balaban J connectivity index is 3.14. The molecule has 0 bridgehead atoms. The minimum Gasteiger partial charge on any atom is -0.469 e. The Hall–Kier alpha value is -1.72. The van der Waals surface area contributed by atoms with Crippen molar-refractivity contribution in [3.8, 4) is 0 Å². The van der Waals surface area contributed by atoms with Crippen molar-refractivity contribution in [3.63, 3.8) is 0 Å². The van der Waals surface area contributed by atoms with Gasteiger partial charge in [-0.1, -0.05) is 0 Å². The summed E-state index contributed by atoms with van der Waals surface area (Å²) in [7, 11) is 1.22. The molecule has 0 aromatic carbocycles. The topological polar surface area (TPSA) is 65.2 Å². The van der Waals surface area contributed by atoms with Crippen molar-refractivity contribution in [1.29, 1.82) is 0 Å². The molecule has 16 heavy (non-hydrogen) atoms. The molecule has 1 rings (SSSR count). The highest BCUT2D eigenvalue weighted by Gasteiger charge is 2.18. The molecule has 0 fully saturated rings. The van der Waals surface area contributed by atoms with Gasteiger partial charge in [0.1, 0.15) is 5.69 Å². The van der Waals surface area contributed by atoms with Gasteiger partial charge in [0.05, 0.1) is 19.2 Å². The van der Waals surface area contributed by atoms with Crippen molar-refractivity contribution < 1.29 is 18.3 Å². The molecule has 6 heteroatoms. The number of aryl methyl sites for hydroxylation is 1. The molecule has 0 atom stereocenters. The maximum absolute atomic E-state index is 12.5. The van der Waals surface area contributed by atoms with Gasteiger partial charge in [-0.2, -0.15) is 0 Å². The molecule has 1 heterocycles. The fourth-order valence-corrected chi connectivity index (χ4v) is 1.32. The lowest BCUT2D eigenvalue weighted by Gasteiger charge is -2.10. The van der Waals surface area contributed by atoms with Crippen LogP contribution in [0.3, 0.4) is 0 Å². The first-order valence-corrected chi connectivity index (χ1v) is 4.56. The van der Waals surface area contributed by atoms with E-state index in [4.69, 9.17) is 5.73 Å². The first kappa shape index (κ1) is 12.4. The first-order chi connectivity index (χ1) is 7.45. The van der Waals surface area contributed by atoms with Crippen LogP contribution in [-0.4, -0.2) is 18.1 Å². The van der Waals surface area contributed by atoms with Gasteiger partial charge in [0.2, 0.25) is 0 Å². The molecule has 0 amide bonds. The van der Waals surface area contributed by atoms with Gasteiger partial charge in [-0.15, -0.1) is 0 Å². The minimum atomic E-state index is -2.75. The highest BCUT2D eigenvalue weighted by atomic mass is 19.3. The number of halogens is 2. The zero-order valence-electron chi connectivity index (χ0n) is 8.96. The number of nitrogens with zero attached hydrogens (tertiary/aromatic N) is 1. The summed E-state index contributed by atoms with van der Waals surface area (Å²) in [5.74, 6) is -0.530. The molecule has 0 saturated carbocycles. The number of nitrogen functional groups attached to an aromatic ring is 1. The normalized spacial score (nSPS) is 10.6. The summed E-state index contributed by atoms with van der Waals surface area (Å²) in [5, 5.41) is 0. The molecule has 0 unspecified atom stereocenters. The molecule has 4 nitrogen and oxygen atoms in total. The van der Waals surface area contributed by atoms with E-state index in [2.05, 4.69) is 9.72 Å². The van der Waals surface area contributed by atoms with E-state index < -0.39 is 18.1 Å². The average molecular weight is 230 g/mol. The zero-order chi connectivity index (χ0) is 12.3. The molecule has 1 aromatic rings. The van der Waals surface area contributed by atoms with E-state index >= 15 is 0 Å². The van der Waals surface area contributed by atoms with Gasteiger partial charge in [-0.05, 0) is 18.6 Å². The smallest absolute Gasteiger partial charge is 0.310 e. The monoisotopic (exact) mass is 230 g/mol. The van der Waals surface area contributed by atoms with Gasteiger partial charge >= 0.3 is 5.97 Å². The number of carbonyl (C=O) groups excluding carboxylic acids is 1. The van der Waals surface area contributed by atoms with Crippen molar-refractivity contribution in [2.24, 2.45) is 0 Å². The first-order valence-electron chi connectivity index (χ1n) is 4.56. The minimum absolute atomic E-state index is 0.134. The number of aromatic nitrogens is 1. The van der Waals surface area contributed by atoms with Crippen LogP contribution < -0.4 is 5.73 Å². The maximum atomic E-state index is 12.5. The van der Waals surface area contributed by atoms with Gasteiger partial charge < -0.3 is 10.5 Å². The van der Waals surface area contributed by atoms with E-state index in [1.165, 1.54) is 13.2 Å². The van der Waals surface area contributed by atoms with E-state index in [9.17, 15) is 13.6 Å². The quantitative estimate of drug-likeness (QED) is 0.801. The lowest BCUT2D eigenvalue weighted by atomic mass is 10.1. The highest BCUT2D eigenvalue weighted by molar-refractivity contribution is 5.75. The molecule has 0 aliphatic heterocycles. The summed E-state index contributed by atoms with van der Waals surface area (Å²) in [6, 6.07) is 1.50. The van der Waals surface area contributed by atoms with Gasteiger partial charge in [0.25, 0.3) is 6.43 Å². The van der Waals surface area contributed by atoms with Crippen LogP contribution >= 0.6 is 0 Å². The number of methoxy groups -OCH3 is 1. The number of carbonyl (C=O) groups is 1. The number of pyridine rings is 1. The highest BCUT2D eigenvalue weighted by Crippen LogP contribution is 2.26. The van der Waals surface area contributed by atoms with Gasteiger partial charge in [0, 0.05) is 5.69 Å². The standard InChI is InChI=1S/C10H12F2N2O2/c1-5-3-6(4-7(15)16-2)8(13)9(14-5)10(11)12/h3,10H,4,13H2,1-2H3. The Morgan fingerprint density at radius 2 is 2.25 bits per heavy atom. The van der Waals surface area contributed by atoms with Gasteiger partial charge in [-0.25, -0.2) is 13.8 Å². The van der Waals surface area contributed by atoms with Crippen LogP contribution in [0.1, 0.15) is 23.4 Å². The van der Waals surface area contributed by atoms with Crippen LogP contribution in [0.15, 0.2) is 6.07 Å². The predicted octanol–water partition coefficient (Wildman–Crippen LogP) is 1.63. The SMILES string of the molecule is COC(=O)Cc1cc(C)nc(C(F)F)c1N. The summed E-state index contributed by atoms with van der Waals surface area (Å²) in [5.41, 5.74) is 5.58. The third-order valence-corrected chi connectivity index (χ3v) is 2.07. The summed E-state index contributed by atoms with van der Waals surface area (Å²) in [6.07, 6.45) is -2.89. The molecule has 0 saturated heterocycles. The molecular formula is C10H12F2N2O2. The van der Waals surface area contributed by atoms with Crippen LogP contribution in [0.2, 0.25) is 0 Å². The fraction of sp³-hybridized carbons (Fsp3) is 0.400. The number of anilines is 1. The van der Waals surface area contributed by atoms with E-state index in [0.29, 0.717) is 11.3 Å². The Bertz CT molecular complexity index is 408. The number of alkyl halides is 2. The second kappa shape index (κ2) is 4.87. The van der Waals surface area contributed by atoms with Gasteiger partial charge in [-0.3, -0.25) is 4.79 Å². The van der Waals surface area contributed by atoms with E-state index in [0.717, 1.165) is 0 Å². The summed E-state index contributed by atoms with van der Waals surface area (Å²) >= 11 is 0. The average Bonchev–Trinajstić information content (AvgIpc) is 2.22. The number of ether oxygens (including phenoxy) is 1. The number of hydrogen-bond donors (Lipinski definition) is 1. The lowest BCUT2D eigenvalue weighted by Crippen LogP contribution is -2.10. The summed E-state index contributed by atoms with van der Waals surface area (Å²) in [4.78, 5) is 14.7. The third-order valence-electron chi connectivity index (χ3n) is 2.07. The molecule has 0 aliphatic rings. The lowest BCUT2D eigenvalue weighted by molar-refractivity contribution is -0.139. The van der Waals surface area contributed by atoms with Crippen molar-refractivity contribution in [2.75, 3.05) is 12.8 Å². The largest absolute Gasteiger partial charge is 0.469 e. The second-order valence-electron chi connectivity index (χ2n) is 3.28. The Kier molecular flexibility index (Phi) is 3.76. The molecule has 2 N–H and O–H groups in total. The fourth-order valence-electron chi connectivity index (χ4n) is 1.32. The third kappa shape index (κ3) is 2.65. The van der Waals surface area contributed by atoms with Gasteiger partial charge in [0.15, 0.2) is 0 Å². The van der Waals surface area contributed by atoms with Crippen molar-refractivity contribution in [3.05, 3.63) is 23.0 Å². The zero-order valence-corrected chi connectivity index (χ0v) is 8.96. The molecule has 0 spiro atoms. The van der Waals surface area contributed by atoms with E-state index in [1.807, 2.05) is 0 Å². The summed E-state index contributed by atoms with van der Waals surface area (Å²) < 4.78 is 29.5. The van der Waals surface area contributed by atoms with Crippen LogP contribution in [-0.2, 0) is 16.0 Å². The number of hydrogen-bond acceptors (Lipinski definition) is 4.